The number of hydrogen-bond donors (Lipinski definition) is 4. The Labute approximate surface area is 200 Å². The molecule has 1 aromatic rings. The van der Waals surface area contributed by atoms with E-state index in [2.05, 4.69) is 12.2 Å². The van der Waals surface area contributed by atoms with Crippen LogP contribution >= 0.6 is 0 Å². The van der Waals surface area contributed by atoms with Crippen molar-refractivity contribution in [1.82, 2.24) is 5.32 Å². The Balaban J connectivity index is 1.77. The smallest absolute Gasteiger partial charge is 0.407 e. The number of benzene rings is 1. The number of amides is 1. The predicted molar refractivity (Wildman–Crippen MR) is 122 cm³/mol. The molecular formula is C24H37NO9. The van der Waals surface area contributed by atoms with Crippen molar-refractivity contribution in [2.24, 2.45) is 0 Å². The normalized spacial score (nSPS) is 24.4. The summed E-state index contributed by atoms with van der Waals surface area (Å²) in [6.45, 7) is 1.42. The Morgan fingerprint density at radius 2 is 1.74 bits per heavy atom. The van der Waals surface area contributed by atoms with Crippen molar-refractivity contribution < 1.29 is 43.9 Å². The lowest BCUT2D eigenvalue weighted by atomic mass is 9.99. The van der Waals surface area contributed by atoms with E-state index in [0.717, 1.165) is 37.7 Å². The van der Waals surface area contributed by atoms with Gasteiger partial charge in [0.05, 0.1) is 6.61 Å². The van der Waals surface area contributed by atoms with Gasteiger partial charge in [-0.25, -0.2) is 4.79 Å². The van der Waals surface area contributed by atoms with E-state index in [9.17, 15) is 24.9 Å². The second-order valence-corrected chi connectivity index (χ2v) is 8.22. The third-order valence-electron chi connectivity index (χ3n) is 5.46. The van der Waals surface area contributed by atoms with Crippen molar-refractivity contribution in [1.29, 1.82) is 0 Å². The number of unbranched alkanes of at least 4 members (excludes halogenated alkanes) is 5. The molecule has 5 atom stereocenters. The molecule has 4 N–H and O–H groups in total. The highest BCUT2D eigenvalue weighted by Crippen LogP contribution is 2.25. The molecule has 0 unspecified atom stereocenters. The summed E-state index contributed by atoms with van der Waals surface area (Å²) in [7, 11) is 0. The van der Waals surface area contributed by atoms with Gasteiger partial charge < -0.3 is 39.6 Å². The first-order valence-electron chi connectivity index (χ1n) is 11.8. The highest BCUT2D eigenvalue weighted by atomic mass is 16.7. The van der Waals surface area contributed by atoms with Crippen molar-refractivity contribution >= 4 is 12.1 Å². The molecule has 1 aliphatic rings. The highest BCUT2D eigenvalue weighted by molar-refractivity contribution is 5.78. The van der Waals surface area contributed by atoms with Crippen molar-refractivity contribution in [2.75, 3.05) is 19.8 Å². The standard InChI is InChI=1S/C24H37NO9/c1-2-3-4-5-6-10-13-31-23-21(29)22(20(28)18(15-26)33-23)34-19(27)14-25-24(30)32-16-17-11-8-7-9-12-17/h7-9,11-12,18,20-23,26,28-29H,2-6,10,13-16H2,1H3,(H,25,30)/t18-,20-,21-,22+,23-/m1/s1. The number of rotatable bonds is 14. The van der Waals surface area contributed by atoms with Gasteiger partial charge in [0.25, 0.3) is 0 Å². The van der Waals surface area contributed by atoms with Gasteiger partial charge in [-0.15, -0.1) is 0 Å². The van der Waals surface area contributed by atoms with Gasteiger partial charge in [0.15, 0.2) is 12.4 Å². The summed E-state index contributed by atoms with van der Waals surface area (Å²) < 4.78 is 21.2. The Bertz CT molecular complexity index is 718. The zero-order valence-electron chi connectivity index (χ0n) is 19.6. The number of nitrogens with one attached hydrogen (secondary N) is 1. The molecule has 2 rings (SSSR count). The molecule has 0 spiro atoms. The summed E-state index contributed by atoms with van der Waals surface area (Å²) in [6, 6.07) is 9.03. The molecule has 0 bridgehead atoms. The molecule has 0 aliphatic carbocycles. The van der Waals surface area contributed by atoms with E-state index in [4.69, 9.17) is 18.9 Å². The highest BCUT2D eigenvalue weighted by Gasteiger charge is 2.47. The van der Waals surface area contributed by atoms with Crippen LogP contribution in [0.15, 0.2) is 30.3 Å². The van der Waals surface area contributed by atoms with Crippen molar-refractivity contribution in [3.63, 3.8) is 0 Å². The minimum Gasteiger partial charge on any atom is -0.455 e. The maximum atomic E-state index is 12.2. The summed E-state index contributed by atoms with van der Waals surface area (Å²) in [4.78, 5) is 24.0. The number of hydrogen-bond acceptors (Lipinski definition) is 9. The average molecular weight is 484 g/mol. The van der Waals surface area contributed by atoms with Gasteiger partial charge in [0.1, 0.15) is 31.5 Å². The van der Waals surface area contributed by atoms with Crippen molar-refractivity contribution in [3.05, 3.63) is 35.9 Å². The van der Waals surface area contributed by atoms with Gasteiger partial charge in [0.2, 0.25) is 0 Å². The first kappa shape index (κ1) is 28.0. The molecule has 0 saturated carbocycles. The van der Waals surface area contributed by atoms with E-state index in [-0.39, 0.29) is 6.61 Å². The zero-order chi connectivity index (χ0) is 24.8. The van der Waals surface area contributed by atoms with Crippen LogP contribution in [0.2, 0.25) is 0 Å². The second kappa shape index (κ2) is 15.6. The molecule has 1 amide bonds. The van der Waals surface area contributed by atoms with Crippen LogP contribution < -0.4 is 5.32 Å². The molecule has 1 aliphatic heterocycles. The monoisotopic (exact) mass is 483 g/mol. The SMILES string of the molecule is CCCCCCCCO[C@@H]1O[C@H](CO)[C@@H](O)[C@H](OC(=O)CNC(=O)OCc2ccccc2)[C@H]1O. The summed E-state index contributed by atoms with van der Waals surface area (Å²) >= 11 is 0. The Hall–Kier alpha value is -2.24. The molecule has 1 saturated heterocycles. The van der Waals surface area contributed by atoms with Gasteiger partial charge in [-0.1, -0.05) is 69.4 Å². The zero-order valence-corrected chi connectivity index (χ0v) is 19.6. The van der Waals surface area contributed by atoms with Crippen molar-refractivity contribution in [3.8, 4) is 0 Å². The Morgan fingerprint density at radius 1 is 1.03 bits per heavy atom. The second-order valence-electron chi connectivity index (χ2n) is 8.22. The molecule has 0 radical (unpaired) electrons. The van der Waals surface area contributed by atoms with Gasteiger partial charge in [-0.2, -0.15) is 0 Å². The minimum absolute atomic E-state index is 0.0366. The van der Waals surface area contributed by atoms with Crippen molar-refractivity contribution in [2.45, 2.75) is 82.8 Å². The number of carbonyl (C=O) groups is 2. The molecule has 1 heterocycles. The molecule has 1 fully saturated rings. The lowest BCUT2D eigenvalue weighted by Gasteiger charge is -2.41. The molecular weight excluding hydrogens is 446 g/mol. The molecule has 0 aromatic heterocycles. The van der Waals surface area contributed by atoms with Gasteiger partial charge >= 0.3 is 12.1 Å². The van der Waals surface area contributed by atoms with E-state index in [1.807, 2.05) is 18.2 Å². The van der Waals surface area contributed by atoms with E-state index in [1.165, 1.54) is 6.42 Å². The maximum absolute atomic E-state index is 12.2. The molecule has 192 valence electrons. The summed E-state index contributed by atoms with van der Waals surface area (Å²) in [5.41, 5.74) is 0.788. The average Bonchev–Trinajstić information content (AvgIpc) is 2.85. The summed E-state index contributed by atoms with van der Waals surface area (Å²) in [5, 5.41) is 32.7. The molecule has 10 nitrogen and oxygen atoms in total. The topological polar surface area (TPSA) is 144 Å². The Kier molecular flexibility index (Phi) is 12.9. The van der Waals surface area contributed by atoms with Gasteiger partial charge in [0, 0.05) is 6.61 Å². The van der Waals surface area contributed by atoms with Gasteiger partial charge in [-0.3, -0.25) is 4.79 Å². The number of esters is 1. The lowest BCUT2D eigenvalue weighted by Crippen LogP contribution is -2.60. The van der Waals surface area contributed by atoms with Crippen LogP contribution in [-0.4, -0.2) is 77.8 Å². The summed E-state index contributed by atoms with van der Waals surface area (Å²) in [6.07, 6.45) is -1.08. The number of alkyl carbamates (subject to hydrolysis) is 1. The number of aliphatic hydroxyl groups excluding tert-OH is 3. The number of ether oxygens (including phenoxy) is 4. The van der Waals surface area contributed by atoms with Crippen LogP contribution in [0.1, 0.15) is 51.0 Å². The van der Waals surface area contributed by atoms with Gasteiger partial charge in [-0.05, 0) is 12.0 Å². The first-order valence-corrected chi connectivity index (χ1v) is 11.8. The molecule has 1 aromatic carbocycles. The van der Waals surface area contributed by atoms with Crippen LogP contribution in [0.5, 0.6) is 0 Å². The number of carbonyl (C=O) groups excluding carboxylic acids is 2. The third-order valence-corrected chi connectivity index (χ3v) is 5.46. The van der Waals surface area contributed by atoms with Crippen LogP contribution in [0, 0.1) is 0 Å². The quantitative estimate of drug-likeness (QED) is 0.229. The van der Waals surface area contributed by atoms with E-state index >= 15 is 0 Å². The fraction of sp³-hybridized carbons (Fsp3) is 0.667. The predicted octanol–water partition coefficient (Wildman–Crippen LogP) is 1.64. The third kappa shape index (κ3) is 9.55. The summed E-state index contributed by atoms with van der Waals surface area (Å²) in [5.74, 6) is -0.895. The van der Waals surface area contributed by atoms with E-state index < -0.39 is 55.9 Å². The Morgan fingerprint density at radius 3 is 2.44 bits per heavy atom. The fourth-order valence-corrected chi connectivity index (χ4v) is 3.52. The first-order chi connectivity index (χ1) is 16.5. The maximum Gasteiger partial charge on any atom is 0.407 e. The van der Waals surface area contributed by atoms with Crippen LogP contribution in [-0.2, 0) is 30.3 Å². The number of aliphatic hydroxyl groups is 3. The fourth-order valence-electron chi connectivity index (χ4n) is 3.52. The van der Waals surface area contributed by atoms with Crippen LogP contribution in [0.4, 0.5) is 4.79 Å². The largest absolute Gasteiger partial charge is 0.455 e. The minimum atomic E-state index is -1.47. The lowest BCUT2D eigenvalue weighted by molar-refractivity contribution is -0.303. The van der Waals surface area contributed by atoms with E-state index in [0.29, 0.717) is 6.61 Å². The van der Waals surface area contributed by atoms with Crippen LogP contribution in [0.25, 0.3) is 0 Å². The van der Waals surface area contributed by atoms with E-state index in [1.54, 1.807) is 12.1 Å². The molecule has 10 heteroatoms. The molecule has 34 heavy (non-hydrogen) atoms. The van der Waals surface area contributed by atoms with Crippen LogP contribution in [0.3, 0.4) is 0 Å².